The van der Waals surface area contributed by atoms with Gasteiger partial charge in [0.2, 0.25) is 0 Å². The Kier molecular flexibility index (Phi) is 4.61. The maximum Gasteiger partial charge on any atom is 0.261 e. The SMILES string of the molecule is O=C(NCC1CCSCC1)c1cc(S)cs1. The second-order valence-corrected chi connectivity index (χ2v) is 6.59. The summed E-state index contributed by atoms with van der Waals surface area (Å²) in [4.78, 5) is 13.4. The highest BCUT2D eigenvalue weighted by Gasteiger charge is 2.15. The van der Waals surface area contributed by atoms with Gasteiger partial charge in [0.25, 0.3) is 5.91 Å². The molecule has 0 aromatic carbocycles. The molecule has 2 rings (SSSR count). The van der Waals surface area contributed by atoms with Gasteiger partial charge in [-0.15, -0.1) is 24.0 Å². The van der Waals surface area contributed by atoms with E-state index in [4.69, 9.17) is 0 Å². The summed E-state index contributed by atoms with van der Waals surface area (Å²) in [6.45, 7) is 0.819. The van der Waals surface area contributed by atoms with Crippen molar-refractivity contribution in [3.8, 4) is 0 Å². The number of nitrogens with one attached hydrogen (secondary N) is 1. The molecule has 16 heavy (non-hydrogen) atoms. The Hall–Kier alpha value is -0.130. The van der Waals surface area contributed by atoms with Crippen LogP contribution in [0.1, 0.15) is 22.5 Å². The number of thiophene rings is 1. The van der Waals surface area contributed by atoms with Crippen LogP contribution in [0.25, 0.3) is 0 Å². The molecule has 2 nitrogen and oxygen atoms in total. The molecule has 0 saturated carbocycles. The Labute approximate surface area is 110 Å². The molecule has 0 atom stereocenters. The molecule has 1 N–H and O–H groups in total. The van der Waals surface area contributed by atoms with Crippen molar-refractivity contribution in [2.24, 2.45) is 5.92 Å². The molecule has 1 amide bonds. The van der Waals surface area contributed by atoms with Crippen molar-refractivity contribution in [1.29, 1.82) is 0 Å². The molecule has 0 spiro atoms. The van der Waals surface area contributed by atoms with Crippen LogP contribution in [0.2, 0.25) is 0 Å². The van der Waals surface area contributed by atoms with Crippen LogP contribution >= 0.6 is 35.7 Å². The minimum atomic E-state index is 0.0449. The van der Waals surface area contributed by atoms with Crippen LogP contribution in [-0.2, 0) is 0 Å². The Morgan fingerprint density at radius 3 is 2.88 bits per heavy atom. The summed E-state index contributed by atoms with van der Waals surface area (Å²) < 4.78 is 0. The molecule has 1 saturated heterocycles. The largest absolute Gasteiger partial charge is 0.351 e. The Morgan fingerprint density at radius 1 is 1.50 bits per heavy atom. The summed E-state index contributed by atoms with van der Waals surface area (Å²) in [6, 6.07) is 1.82. The normalized spacial score (nSPS) is 17.3. The van der Waals surface area contributed by atoms with Crippen molar-refractivity contribution in [3.63, 3.8) is 0 Å². The van der Waals surface area contributed by atoms with Crippen molar-refractivity contribution in [1.82, 2.24) is 5.32 Å². The predicted octanol–water partition coefficient (Wildman–Crippen LogP) is 2.91. The standard InChI is InChI=1S/C11H15NOS3/c13-11(10-5-9(14)7-16-10)12-6-8-1-3-15-4-2-8/h5,7-8,14H,1-4,6H2,(H,12,13). The molecule has 1 fully saturated rings. The number of hydrogen-bond acceptors (Lipinski definition) is 4. The molecule has 1 aromatic rings. The van der Waals surface area contributed by atoms with Crippen LogP contribution in [0.5, 0.6) is 0 Å². The number of thiol groups is 1. The third-order valence-corrected chi connectivity index (χ3v) is 5.11. The van der Waals surface area contributed by atoms with Crippen LogP contribution in [0.3, 0.4) is 0 Å². The molecule has 1 aromatic heterocycles. The van der Waals surface area contributed by atoms with Crippen molar-refractivity contribution in [2.45, 2.75) is 17.7 Å². The lowest BCUT2D eigenvalue weighted by Gasteiger charge is -2.21. The zero-order chi connectivity index (χ0) is 11.4. The first-order valence-corrected chi connectivity index (χ1v) is 7.87. The van der Waals surface area contributed by atoms with E-state index in [1.165, 1.54) is 35.7 Å². The second kappa shape index (κ2) is 5.98. The smallest absolute Gasteiger partial charge is 0.261 e. The van der Waals surface area contributed by atoms with E-state index >= 15 is 0 Å². The quantitative estimate of drug-likeness (QED) is 0.829. The fraction of sp³-hybridized carbons (Fsp3) is 0.545. The van der Waals surface area contributed by atoms with Crippen LogP contribution in [-0.4, -0.2) is 24.0 Å². The predicted molar refractivity (Wildman–Crippen MR) is 74.0 cm³/mol. The number of carbonyl (C=O) groups excluding carboxylic acids is 1. The van der Waals surface area contributed by atoms with Gasteiger partial charge in [0.05, 0.1) is 4.88 Å². The number of amides is 1. The van der Waals surface area contributed by atoms with E-state index in [1.54, 1.807) is 0 Å². The highest BCUT2D eigenvalue weighted by molar-refractivity contribution is 7.99. The van der Waals surface area contributed by atoms with E-state index in [0.29, 0.717) is 5.92 Å². The van der Waals surface area contributed by atoms with Gasteiger partial charge >= 0.3 is 0 Å². The number of thioether (sulfide) groups is 1. The fourth-order valence-electron chi connectivity index (χ4n) is 1.72. The van der Waals surface area contributed by atoms with Gasteiger partial charge in [0.15, 0.2) is 0 Å². The van der Waals surface area contributed by atoms with Gasteiger partial charge in [0.1, 0.15) is 0 Å². The Bertz CT molecular complexity index is 358. The summed E-state index contributed by atoms with van der Waals surface area (Å²) in [5.74, 6) is 3.19. The molecule has 2 heterocycles. The number of rotatable bonds is 3. The second-order valence-electron chi connectivity index (χ2n) is 3.93. The number of carbonyl (C=O) groups is 1. The van der Waals surface area contributed by atoms with E-state index in [2.05, 4.69) is 17.9 Å². The summed E-state index contributed by atoms with van der Waals surface area (Å²) in [5, 5.41) is 4.89. The summed E-state index contributed by atoms with van der Waals surface area (Å²) >= 11 is 7.66. The van der Waals surface area contributed by atoms with E-state index in [0.717, 1.165) is 16.3 Å². The minimum Gasteiger partial charge on any atom is -0.351 e. The monoisotopic (exact) mass is 273 g/mol. The van der Waals surface area contributed by atoms with Crippen molar-refractivity contribution in [3.05, 3.63) is 16.3 Å². The average molecular weight is 273 g/mol. The zero-order valence-corrected chi connectivity index (χ0v) is 11.5. The highest BCUT2D eigenvalue weighted by atomic mass is 32.2. The number of hydrogen-bond donors (Lipinski definition) is 2. The fourth-order valence-corrected chi connectivity index (χ4v) is 3.99. The molecular weight excluding hydrogens is 258 g/mol. The van der Waals surface area contributed by atoms with Crippen LogP contribution in [0.15, 0.2) is 16.3 Å². The Balaban J connectivity index is 1.79. The molecular formula is C11H15NOS3. The van der Waals surface area contributed by atoms with Gasteiger partial charge in [0, 0.05) is 16.8 Å². The van der Waals surface area contributed by atoms with Gasteiger partial charge in [-0.25, -0.2) is 0 Å². The summed E-state index contributed by atoms with van der Waals surface area (Å²) in [6.07, 6.45) is 2.46. The highest BCUT2D eigenvalue weighted by Crippen LogP contribution is 2.22. The van der Waals surface area contributed by atoms with Gasteiger partial charge in [-0.1, -0.05) is 0 Å². The van der Waals surface area contributed by atoms with E-state index in [1.807, 2.05) is 23.2 Å². The van der Waals surface area contributed by atoms with Crippen LogP contribution < -0.4 is 5.32 Å². The van der Waals surface area contributed by atoms with Gasteiger partial charge in [-0.2, -0.15) is 11.8 Å². The van der Waals surface area contributed by atoms with Gasteiger partial charge < -0.3 is 5.32 Å². The van der Waals surface area contributed by atoms with Crippen molar-refractivity contribution >= 4 is 41.6 Å². The molecule has 0 aliphatic carbocycles. The average Bonchev–Trinajstić information content (AvgIpc) is 2.74. The van der Waals surface area contributed by atoms with Crippen molar-refractivity contribution in [2.75, 3.05) is 18.1 Å². The van der Waals surface area contributed by atoms with Crippen LogP contribution in [0.4, 0.5) is 0 Å². The maximum absolute atomic E-state index is 11.8. The molecule has 0 unspecified atom stereocenters. The molecule has 1 aliphatic rings. The lowest BCUT2D eigenvalue weighted by Crippen LogP contribution is -2.30. The molecule has 1 aliphatic heterocycles. The first-order chi connectivity index (χ1) is 7.75. The first kappa shape index (κ1) is 12.3. The third-order valence-electron chi connectivity index (χ3n) is 2.70. The van der Waals surface area contributed by atoms with Gasteiger partial charge in [-0.3, -0.25) is 4.79 Å². The van der Waals surface area contributed by atoms with E-state index in [9.17, 15) is 4.79 Å². The third kappa shape index (κ3) is 3.43. The molecule has 88 valence electrons. The summed E-state index contributed by atoms with van der Waals surface area (Å²) in [5.41, 5.74) is 0. The molecule has 0 bridgehead atoms. The topological polar surface area (TPSA) is 29.1 Å². The van der Waals surface area contributed by atoms with Crippen LogP contribution in [0, 0.1) is 5.92 Å². The molecule has 5 heteroatoms. The van der Waals surface area contributed by atoms with Crippen molar-refractivity contribution < 1.29 is 4.79 Å². The zero-order valence-electron chi connectivity index (χ0n) is 8.94. The maximum atomic E-state index is 11.8. The lowest BCUT2D eigenvalue weighted by atomic mass is 10.0. The minimum absolute atomic E-state index is 0.0449. The lowest BCUT2D eigenvalue weighted by molar-refractivity contribution is 0.0950. The first-order valence-electron chi connectivity index (χ1n) is 5.39. The summed E-state index contributed by atoms with van der Waals surface area (Å²) in [7, 11) is 0. The van der Waals surface area contributed by atoms with E-state index < -0.39 is 0 Å². The Morgan fingerprint density at radius 2 is 2.25 bits per heavy atom. The molecule has 0 radical (unpaired) electrons. The van der Waals surface area contributed by atoms with Gasteiger partial charge in [-0.05, 0) is 36.3 Å². The van der Waals surface area contributed by atoms with E-state index in [-0.39, 0.29) is 5.91 Å².